The van der Waals surface area contributed by atoms with Gasteiger partial charge in [0.25, 0.3) is 0 Å². The molecule has 0 spiro atoms. The van der Waals surface area contributed by atoms with Crippen molar-refractivity contribution in [2.24, 2.45) is 0 Å². The van der Waals surface area contributed by atoms with E-state index in [1.807, 2.05) is 0 Å². The van der Waals surface area contributed by atoms with Gasteiger partial charge in [-0.15, -0.1) is 0 Å². The minimum atomic E-state index is 0.590. The Hall–Kier alpha value is -1.80. The Morgan fingerprint density at radius 2 is 1.62 bits per heavy atom. The van der Waals surface area contributed by atoms with Gasteiger partial charge in [-0.2, -0.15) is 0 Å². The van der Waals surface area contributed by atoms with Crippen molar-refractivity contribution >= 4 is 5.69 Å². The minimum Gasteiger partial charge on any atom is -0.385 e. The Balaban J connectivity index is 1.78. The lowest BCUT2D eigenvalue weighted by Gasteiger charge is -2.14. The molecule has 0 saturated heterocycles. The van der Waals surface area contributed by atoms with Crippen LogP contribution >= 0.6 is 0 Å². The molecule has 1 unspecified atom stereocenters. The summed E-state index contributed by atoms with van der Waals surface area (Å²) in [5.41, 5.74) is 3.97. The van der Waals surface area contributed by atoms with E-state index in [0.29, 0.717) is 5.92 Å². The summed E-state index contributed by atoms with van der Waals surface area (Å²) in [6, 6.07) is 19.5. The van der Waals surface area contributed by atoms with Gasteiger partial charge in [0.15, 0.2) is 0 Å². The van der Waals surface area contributed by atoms with Crippen LogP contribution in [0.15, 0.2) is 54.6 Å². The first kappa shape index (κ1) is 15.6. The number of rotatable bonds is 7. The van der Waals surface area contributed by atoms with Crippen molar-refractivity contribution in [3.8, 4) is 0 Å². The second kappa shape index (κ2) is 7.84. The van der Waals surface area contributed by atoms with Crippen LogP contribution in [0.25, 0.3) is 0 Å². The zero-order valence-corrected chi connectivity index (χ0v) is 13.3. The highest BCUT2D eigenvalue weighted by Crippen LogP contribution is 2.19. The number of hydrogen-bond acceptors (Lipinski definition) is 2. The van der Waals surface area contributed by atoms with Gasteiger partial charge in [-0.3, -0.25) is 0 Å². The summed E-state index contributed by atoms with van der Waals surface area (Å²) in [5.74, 6) is 0.590. The van der Waals surface area contributed by atoms with Crippen molar-refractivity contribution in [2.45, 2.75) is 25.8 Å². The van der Waals surface area contributed by atoms with E-state index < -0.39 is 0 Å². The molecule has 0 aliphatic carbocycles. The van der Waals surface area contributed by atoms with Crippen LogP contribution in [0.2, 0.25) is 0 Å². The van der Waals surface area contributed by atoms with Crippen molar-refractivity contribution < 1.29 is 0 Å². The van der Waals surface area contributed by atoms with E-state index >= 15 is 0 Å². The fourth-order valence-electron chi connectivity index (χ4n) is 2.47. The molecule has 2 aromatic carbocycles. The highest BCUT2D eigenvalue weighted by Gasteiger charge is 2.04. The average molecular weight is 282 g/mol. The maximum atomic E-state index is 3.51. The SMILES string of the molecule is CC(CCNc1ccc(CN(C)C)cc1)c1ccccc1. The maximum Gasteiger partial charge on any atom is 0.0340 e. The first-order valence-corrected chi connectivity index (χ1v) is 7.67. The van der Waals surface area contributed by atoms with E-state index in [0.717, 1.165) is 19.5 Å². The standard InChI is InChI=1S/C19H26N2/c1-16(18-7-5-4-6-8-18)13-14-20-19-11-9-17(10-12-19)15-21(2)3/h4-12,16,20H,13-15H2,1-3H3. The molecule has 21 heavy (non-hydrogen) atoms. The van der Waals surface area contributed by atoms with Gasteiger partial charge in [-0.05, 0) is 49.7 Å². The molecule has 2 heteroatoms. The quantitative estimate of drug-likeness (QED) is 0.812. The molecule has 0 aromatic heterocycles. The highest BCUT2D eigenvalue weighted by atomic mass is 15.0. The molecule has 1 N–H and O–H groups in total. The number of benzene rings is 2. The minimum absolute atomic E-state index is 0.590. The molecule has 0 aliphatic heterocycles. The largest absolute Gasteiger partial charge is 0.385 e. The first-order chi connectivity index (χ1) is 10.1. The van der Waals surface area contributed by atoms with Gasteiger partial charge in [0.05, 0.1) is 0 Å². The third kappa shape index (κ3) is 5.24. The van der Waals surface area contributed by atoms with Crippen molar-refractivity contribution in [1.29, 1.82) is 0 Å². The summed E-state index contributed by atoms with van der Waals surface area (Å²) in [7, 11) is 4.19. The Bertz CT molecular complexity index is 517. The van der Waals surface area contributed by atoms with Crippen molar-refractivity contribution in [3.63, 3.8) is 0 Å². The molecule has 2 rings (SSSR count). The number of nitrogens with one attached hydrogen (secondary N) is 1. The van der Waals surface area contributed by atoms with Crippen molar-refractivity contribution in [3.05, 3.63) is 65.7 Å². The second-order valence-electron chi connectivity index (χ2n) is 5.96. The zero-order valence-electron chi connectivity index (χ0n) is 13.3. The molecule has 2 nitrogen and oxygen atoms in total. The molecule has 0 saturated carbocycles. The molecular weight excluding hydrogens is 256 g/mol. The van der Waals surface area contributed by atoms with Crippen LogP contribution in [0.4, 0.5) is 5.69 Å². The monoisotopic (exact) mass is 282 g/mol. The van der Waals surface area contributed by atoms with E-state index in [4.69, 9.17) is 0 Å². The van der Waals surface area contributed by atoms with Crippen LogP contribution in [0.3, 0.4) is 0 Å². The van der Waals surface area contributed by atoms with Crippen LogP contribution in [-0.2, 0) is 6.54 Å². The predicted molar refractivity (Wildman–Crippen MR) is 91.8 cm³/mol. The molecular formula is C19H26N2. The molecule has 2 aromatic rings. The Morgan fingerprint density at radius 1 is 0.952 bits per heavy atom. The number of nitrogens with zero attached hydrogens (tertiary/aromatic N) is 1. The predicted octanol–water partition coefficient (Wildman–Crippen LogP) is 4.35. The summed E-state index contributed by atoms with van der Waals surface area (Å²) in [6.07, 6.45) is 1.14. The maximum absolute atomic E-state index is 3.51. The Morgan fingerprint density at radius 3 is 2.24 bits per heavy atom. The van der Waals surface area contributed by atoms with Crippen LogP contribution in [0.5, 0.6) is 0 Å². The molecule has 0 heterocycles. The van der Waals surface area contributed by atoms with Crippen LogP contribution in [-0.4, -0.2) is 25.5 Å². The van der Waals surface area contributed by atoms with Crippen LogP contribution in [0, 0.1) is 0 Å². The van der Waals surface area contributed by atoms with Gasteiger partial charge in [0.1, 0.15) is 0 Å². The Labute approximate surface area is 128 Å². The second-order valence-corrected chi connectivity index (χ2v) is 5.96. The topological polar surface area (TPSA) is 15.3 Å². The fraction of sp³-hybridized carbons (Fsp3) is 0.368. The summed E-state index contributed by atoms with van der Waals surface area (Å²) < 4.78 is 0. The summed E-state index contributed by atoms with van der Waals surface area (Å²) >= 11 is 0. The molecule has 0 amide bonds. The van der Waals surface area contributed by atoms with E-state index in [9.17, 15) is 0 Å². The van der Waals surface area contributed by atoms with Gasteiger partial charge in [0, 0.05) is 18.8 Å². The first-order valence-electron chi connectivity index (χ1n) is 7.67. The van der Waals surface area contributed by atoms with E-state index in [2.05, 4.69) is 85.8 Å². The molecule has 1 atom stereocenters. The summed E-state index contributed by atoms with van der Waals surface area (Å²) in [5, 5.41) is 3.51. The molecule has 0 radical (unpaired) electrons. The van der Waals surface area contributed by atoms with Gasteiger partial charge < -0.3 is 10.2 Å². The number of anilines is 1. The smallest absolute Gasteiger partial charge is 0.0340 e. The molecule has 0 aliphatic rings. The Kier molecular flexibility index (Phi) is 5.82. The van der Waals surface area contributed by atoms with Crippen LogP contribution in [0.1, 0.15) is 30.4 Å². The lowest BCUT2D eigenvalue weighted by Crippen LogP contribution is -2.10. The van der Waals surface area contributed by atoms with Crippen molar-refractivity contribution in [1.82, 2.24) is 4.90 Å². The lowest BCUT2D eigenvalue weighted by atomic mass is 9.98. The average Bonchev–Trinajstić information content (AvgIpc) is 2.49. The van der Waals surface area contributed by atoms with Gasteiger partial charge in [-0.25, -0.2) is 0 Å². The highest BCUT2D eigenvalue weighted by molar-refractivity contribution is 5.44. The third-order valence-corrected chi connectivity index (χ3v) is 3.73. The molecule has 0 fully saturated rings. The summed E-state index contributed by atoms with van der Waals surface area (Å²) in [4.78, 5) is 2.18. The van der Waals surface area contributed by atoms with E-state index in [-0.39, 0.29) is 0 Å². The van der Waals surface area contributed by atoms with Crippen LogP contribution < -0.4 is 5.32 Å². The number of hydrogen-bond donors (Lipinski definition) is 1. The zero-order chi connectivity index (χ0) is 15.1. The fourth-order valence-corrected chi connectivity index (χ4v) is 2.47. The van der Waals surface area contributed by atoms with Gasteiger partial charge >= 0.3 is 0 Å². The van der Waals surface area contributed by atoms with E-state index in [1.54, 1.807) is 0 Å². The van der Waals surface area contributed by atoms with Crippen molar-refractivity contribution in [2.75, 3.05) is 26.0 Å². The van der Waals surface area contributed by atoms with E-state index in [1.165, 1.54) is 16.8 Å². The molecule has 0 bridgehead atoms. The van der Waals surface area contributed by atoms with Gasteiger partial charge in [0.2, 0.25) is 0 Å². The third-order valence-electron chi connectivity index (χ3n) is 3.73. The lowest BCUT2D eigenvalue weighted by molar-refractivity contribution is 0.402. The summed E-state index contributed by atoms with van der Waals surface area (Å²) in [6.45, 7) is 4.28. The van der Waals surface area contributed by atoms with Gasteiger partial charge in [-0.1, -0.05) is 49.4 Å². The molecule has 112 valence electrons. The normalized spacial score (nSPS) is 12.4.